The first kappa shape index (κ1) is 15.0. The second-order valence-corrected chi connectivity index (χ2v) is 5.54. The van der Waals surface area contributed by atoms with E-state index in [1.807, 2.05) is 13.8 Å². The maximum Gasteiger partial charge on any atom is 0.417 e. The van der Waals surface area contributed by atoms with E-state index in [4.69, 9.17) is 0 Å². The zero-order valence-electron chi connectivity index (χ0n) is 11.5. The number of alkyl halides is 3. The van der Waals surface area contributed by atoms with Gasteiger partial charge in [0.05, 0.1) is 17.5 Å². The van der Waals surface area contributed by atoms with Gasteiger partial charge in [-0.2, -0.15) is 13.2 Å². The van der Waals surface area contributed by atoms with Crippen LogP contribution in [0.1, 0.15) is 31.5 Å². The van der Waals surface area contributed by atoms with E-state index in [0.717, 1.165) is 31.8 Å². The van der Waals surface area contributed by atoms with Crippen molar-refractivity contribution in [3.05, 3.63) is 29.6 Å². The monoisotopic (exact) mass is 286 g/mol. The molecule has 0 spiro atoms. The molecule has 0 radical (unpaired) electrons. The van der Waals surface area contributed by atoms with Gasteiger partial charge in [-0.15, -0.1) is 0 Å². The van der Waals surface area contributed by atoms with Crippen molar-refractivity contribution in [1.82, 2.24) is 9.88 Å². The summed E-state index contributed by atoms with van der Waals surface area (Å²) in [7, 11) is 0. The molecule has 1 fully saturated rings. The Morgan fingerprint density at radius 1 is 1.30 bits per heavy atom. The fourth-order valence-electron chi connectivity index (χ4n) is 2.13. The van der Waals surface area contributed by atoms with Crippen LogP contribution in [0.3, 0.4) is 0 Å². The predicted octanol–water partition coefficient (Wildman–Crippen LogP) is 2.70. The SMILES string of the molecule is CC(C)(C(=O)Cc1ccc(C(F)(F)F)cn1)N1CCC1. The normalized spacial score (nSPS) is 16.9. The van der Waals surface area contributed by atoms with Gasteiger partial charge in [-0.1, -0.05) is 0 Å². The minimum absolute atomic E-state index is 0.0236. The minimum Gasteiger partial charge on any atom is -0.297 e. The highest BCUT2D eigenvalue weighted by molar-refractivity contribution is 5.89. The molecule has 2 rings (SSSR count). The second kappa shape index (κ2) is 5.16. The molecular formula is C14H17F3N2O. The molecule has 0 aliphatic carbocycles. The first-order valence-corrected chi connectivity index (χ1v) is 6.52. The van der Waals surface area contributed by atoms with Crippen LogP contribution in [0.5, 0.6) is 0 Å². The first-order chi connectivity index (χ1) is 9.21. The number of Topliss-reactive ketones (excluding diaryl/α,β-unsaturated/α-hetero) is 1. The molecule has 0 N–H and O–H groups in total. The highest BCUT2D eigenvalue weighted by Crippen LogP contribution is 2.29. The van der Waals surface area contributed by atoms with Gasteiger partial charge in [-0.05, 0) is 32.4 Å². The molecule has 2 heterocycles. The number of hydrogen-bond acceptors (Lipinski definition) is 3. The van der Waals surface area contributed by atoms with Crippen molar-refractivity contribution >= 4 is 5.78 Å². The Kier molecular flexibility index (Phi) is 3.86. The molecule has 1 saturated heterocycles. The Morgan fingerprint density at radius 3 is 2.35 bits per heavy atom. The molecule has 1 aliphatic heterocycles. The number of rotatable bonds is 4. The number of pyridine rings is 1. The van der Waals surface area contributed by atoms with E-state index >= 15 is 0 Å². The molecular weight excluding hydrogens is 269 g/mol. The quantitative estimate of drug-likeness (QED) is 0.853. The van der Waals surface area contributed by atoms with Gasteiger partial charge in [0.1, 0.15) is 0 Å². The van der Waals surface area contributed by atoms with Crippen molar-refractivity contribution in [3.63, 3.8) is 0 Å². The Labute approximate surface area is 115 Å². The number of hydrogen-bond donors (Lipinski definition) is 0. The number of aromatic nitrogens is 1. The van der Waals surface area contributed by atoms with Crippen LogP contribution < -0.4 is 0 Å². The number of halogens is 3. The summed E-state index contributed by atoms with van der Waals surface area (Å²) in [6, 6.07) is 2.24. The van der Waals surface area contributed by atoms with Crippen molar-refractivity contribution in [2.75, 3.05) is 13.1 Å². The zero-order chi connectivity index (χ0) is 15.0. The summed E-state index contributed by atoms with van der Waals surface area (Å²) in [5.74, 6) is -0.0236. The van der Waals surface area contributed by atoms with Crippen LogP contribution in [0, 0.1) is 0 Å². The van der Waals surface area contributed by atoms with Gasteiger partial charge in [-0.25, -0.2) is 0 Å². The van der Waals surface area contributed by atoms with E-state index in [1.54, 1.807) is 0 Å². The Morgan fingerprint density at radius 2 is 1.95 bits per heavy atom. The fourth-order valence-corrected chi connectivity index (χ4v) is 2.13. The summed E-state index contributed by atoms with van der Waals surface area (Å²) < 4.78 is 37.3. The van der Waals surface area contributed by atoms with Crippen LogP contribution in [0.25, 0.3) is 0 Å². The summed E-state index contributed by atoms with van der Waals surface area (Å²) >= 11 is 0. The van der Waals surface area contributed by atoms with E-state index in [1.165, 1.54) is 6.07 Å². The predicted molar refractivity (Wildman–Crippen MR) is 68.2 cm³/mol. The number of carbonyl (C=O) groups excluding carboxylic acids is 1. The van der Waals surface area contributed by atoms with Crippen LogP contribution >= 0.6 is 0 Å². The van der Waals surface area contributed by atoms with E-state index in [2.05, 4.69) is 9.88 Å². The summed E-state index contributed by atoms with van der Waals surface area (Å²) in [5.41, 5.74) is -1.00. The summed E-state index contributed by atoms with van der Waals surface area (Å²) in [6.07, 6.45) is -2.48. The summed E-state index contributed by atoms with van der Waals surface area (Å²) in [6.45, 7) is 5.47. The largest absolute Gasteiger partial charge is 0.417 e. The van der Waals surface area contributed by atoms with Crippen LogP contribution in [0.4, 0.5) is 13.2 Å². The van der Waals surface area contributed by atoms with Crippen LogP contribution in [0.15, 0.2) is 18.3 Å². The molecule has 1 aromatic rings. The third-order valence-corrected chi connectivity index (χ3v) is 3.82. The molecule has 1 aromatic heterocycles. The number of likely N-dealkylation sites (tertiary alicyclic amines) is 1. The summed E-state index contributed by atoms with van der Waals surface area (Å²) in [4.78, 5) is 18.1. The second-order valence-electron chi connectivity index (χ2n) is 5.54. The third kappa shape index (κ3) is 3.00. The van der Waals surface area contributed by atoms with Crippen molar-refractivity contribution in [2.45, 2.75) is 38.4 Å². The van der Waals surface area contributed by atoms with Gasteiger partial charge in [0.2, 0.25) is 0 Å². The average Bonchev–Trinajstić information content (AvgIpc) is 2.25. The van der Waals surface area contributed by atoms with Gasteiger partial charge in [0.25, 0.3) is 0 Å². The van der Waals surface area contributed by atoms with Gasteiger partial charge < -0.3 is 0 Å². The molecule has 20 heavy (non-hydrogen) atoms. The lowest BCUT2D eigenvalue weighted by atomic mass is 9.90. The molecule has 1 aliphatic rings. The molecule has 6 heteroatoms. The van der Waals surface area contributed by atoms with Crippen molar-refractivity contribution < 1.29 is 18.0 Å². The molecule has 110 valence electrons. The highest BCUT2D eigenvalue weighted by Gasteiger charge is 2.37. The Bertz CT molecular complexity index is 490. The first-order valence-electron chi connectivity index (χ1n) is 6.52. The van der Waals surface area contributed by atoms with Crippen molar-refractivity contribution in [3.8, 4) is 0 Å². The smallest absolute Gasteiger partial charge is 0.297 e. The maximum absolute atomic E-state index is 12.4. The zero-order valence-corrected chi connectivity index (χ0v) is 11.5. The van der Waals surface area contributed by atoms with Gasteiger partial charge >= 0.3 is 6.18 Å². The number of nitrogens with zero attached hydrogens (tertiary/aromatic N) is 2. The van der Waals surface area contributed by atoms with Gasteiger partial charge in [0.15, 0.2) is 5.78 Å². The number of ketones is 1. The Balaban J connectivity index is 2.04. The number of carbonyl (C=O) groups is 1. The Hall–Kier alpha value is -1.43. The van der Waals surface area contributed by atoms with Crippen LogP contribution in [-0.4, -0.2) is 34.3 Å². The van der Waals surface area contributed by atoms with Crippen molar-refractivity contribution in [1.29, 1.82) is 0 Å². The van der Waals surface area contributed by atoms with E-state index in [0.29, 0.717) is 5.69 Å². The molecule has 0 amide bonds. The summed E-state index contributed by atoms with van der Waals surface area (Å²) in [5, 5.41) is 0. The third-order valence-electron chi connectivity index (χ3n) is 3.82. The van der Waals surface area contributed by atoms with Crippen LogP contribution in [0.2, 0.25) is 0 Å². The van der Waals surface area contributed by atoms with E-state index in [-0.39, 0.29) is 12.2 Å². The molecule has 0 aromatic carbocycles. The fraction of sp³-hybridized carbons (Fsp3) is 0.571. The van der Waals surface area contributed by atoms with Gasteiger partial charge in [0, 0.05) is 25.0 Å². The molecule has 3 nitrogen and oxygen atoms in total. The standard InChI is InChI=1S/C14H17F3N2O/c1-13(2,19-6-3-7-19)12(20)8-11-5-4-10(9-18-11)14(15,16)17/h4-5,9H,3,6-8H2,1-2H3. The van der Waals surface area contributed by atoms with E-state index < -0.39 is 17.3 Å². The lowest BCUT2D eigenvalue weighted by Gasteiger charge is -2.43. The van der Waals surface area contributed by atoms with Gasteiger partial charge in [-0.3, -0.25) is 14.7 Å². The maximum atomic E-state index is 12.4. The van der Waals surface area contributed by atoms with Crippen molar-refractivity contribution in [2.24, 2.45) is 0 Å². The lowest BCUT2D eigenvalue weighted by molar-refractivity contribution is -0.137. The molecule has 0 atom stereocenters. The lowest BCUT2D eigenvalue weighted by Crippen LogP contribution is -2.56. The minimum atomic E-state index is -4.40. The topological polar surface area (TPSA) is 33.2 Å². The van der Waals surface area contributed by atoms with Crippen LogP contribution in [-0.2, 0) is 17.4 Å². The molecule has 0 saturated carbocycles. The molecule has 0 unspecified atom stereocenters. The molecule has 0 bridgehead atoms. The average molecular weight is 286 g/mol. The van der Waals surface area contributed by atoms with E-state index in [9.17, 15) is 18.0 Å². The highest BCUT2D eigenvalue weighted by atomic mass is 19.4.